The van der Waals surface area contributed by atoms with E-state index >= 15 is 0 Å². The molecular weight excluding hydrogens is 337 g/mol. The molecule has 5 nitrogen and oxygen atoms in total. The molecule has 1 aromatic rings. The number of unbranched alkanes of at least 4 members (excludes halogenated alkanes) is 3. The number of rotatable bonds is 9. The topological polar surface area (TPSA) is 79.3 Å². The Kier molecular flexibility index (Phi) is 6.39. The Balaban J connectivity index is 1.86. The van der Waals surface area contributed by atoms with Gasteiger partial charge in [0.15, 0.2) is 0 Å². The molecule has 2 rings (SSSR count). The average Bonchev–Trinajstić information content (AvgIpc) is 3.37. The second-order valence-electron chi connectivity index (χ2n) is 6.25. The van der Waals surface area contributed by atoms with E-state index in [2.05, 4.69) is 10.3 Å². The lowest BCUT2D eigenvalue weighted by Gasteiger charge is -2.11. The van der Waals surface area contributed by atoms with Crippen LogP contribution in [0.25, 0.3) is 0 Å². The molecule has 25 heavy (non-hydrogen) atoms. The number of carboxylic acid groups (broad SMARTS) is 1. The lowest BCUT2D eigenvalue weighted by Crippen LogP contribution is -2.25. The van der Waals surface area contributed by atoms with Gasteiger partial charge >= 0.3 is 12.1 Å². The summed E-state index contributed by atoms with van der Waals surface area (Å²) in [7, 11) is 0. The van der Waals surface area contributed by atoms with Crippen molar-refractivity contribution in [3.8, 4) is 0 Å². The molecule has 1 fully saturated rings. The minimum atomic E-state index is -4.58. The fourth-order valence-corrected chi connectivity index (χ4v) is 2.48. The Morgan fingerprint density at radius 1 is 1.16 bits per heavy atom. The molecule has 0 atom stereocenters. The maximum Gasteiger partial charge on any atom is 0.433 e. The first-order valence-electron chi connectivity index (χ1n) is 8.36. The van der Waals surface area contributed by atoms with Crippen LogP contribution in [-0.2, 0) is 11.0 Å². The van der Waals surface area contributed by atoms with Gasteiger partial charge in [0.25, 0.3) is 5.91 Å². The van der Waals surface area contributed by atoms with Crippen molar-refractivity contribution in [1.29, 1.82) is 0 Å². The monoisotopic (exact) mass is 358 g/mol. The fourth-order valence-electron chi connectivity index (χ4n) is 2.48. The van der Waals surface area contributed by atoms with E-state index in [1.165, 1.54) is 6.07 Å². The first-order valence-corrected chi connectivity index (χ1v) is 8.36. The molecule has 0 saturated heterocycles. The summed E-state index contributed by atoms with van der Waals surface area (Å²) in [5.41, 5.74) is -0.723. The normalized spacial score (nSPS) is 14.4. The zero-order valence-electron chi connectivity index (χ0n) is 13.7. The summed E-state index contributed by atoms with van der Waals surface area (Å²) in [5, 5.41) is 11.1. The number of aliphatic carboxylic acids is 1. The molecule has 0 radical (unpaired) electrons. The van der Waals surface area contributed by atoms with Crippen LogP contribution in [0, 0.1) is 0 Å². The van der Waals surface area contributed by atoms with Crippen LogP contribution in [0.1, 0.15) is 72.6 Å². The zero-order chi connectivity index (χ0) is 18.4. The summed E-state index contributed by atoms with van der Waals surface area (Å²) in [6.45, 7) is 0.342. The smallest absolute Gasteiger partial charge is 0.433 e. The Bertz CT molecular complexity index is 628. The number of hydrogen-bond donors (Lipinski definition) is 2. The van der Waals surface area contributed by atoms with E-state index in [0.29, 0.717) is 25.1 Å². The van der Waals surface area contributed by atoms with Crippen molar-refractivity contribution in [2.75, 3.05) is 6.54 Å². The van der Waals surface area contributed by atoms with Gasteiger partial charge in [-0.1, -0.05) is 12.8 Å². The molecule has 8 heteroatoms. The summed E-state index contributed by atoms with van der Waals surface area (Å²) in [6, 6.07) is 2.23. The van der Waals surface area contributed by atoms with Crippen LogP contribution in [0.5, 0.6) is 0 Å². The van der Waals surface area contributed by atoms with Crippen molar-refractivity contribution in [2.24, 2.45) is 0 Å². The molecule has 0 aliphatic heterocycles. The van der Waals surface area contributed by atoms with Crippen LogP contribution in [0.3, 0.4) is 0 Å². The third-order valence-electron chi connectivity index (χ3n) is 4.00. The maximum atomic E-state index is 12.9. The molecule has 0 unspecified atom stereocenters. The second-order valence-corrected chi connectivity index (χ2v) is 6.25. The van der Waals surface area contributed by atoms with Gasteiger partial charge in [-0.3, -0.25) is 9.59 Å². The minimum absolute atomic E-state index is 0.0167. The van der Waals surface area contributed by atoms with Crippen LogP contribution in [0.4, 0.5) is 13.2 Å². The first kappa shape index (κ1) is 19.2. The Morgan fingerprint density at radius 2 is 1.84 bits per heavy atom. The molecule has 138 valence electrons. The zero-order valence-corrected chi connectivity index (χ0v) is 13.7. The van der Waals surface area contributed by atoms with Gasteiger partial charge in [0.2, 0.25) is 0 Å². The van der Waals surface area contributed by atoms with Crippen molar-refractivity contribution in [3.05, 3.63) is 29.1 Å². The highest BCUT2D eigenvalue weighted by Crippen LogP contribution is 2.40. The van der Waals surface area contributed by atoms with E-state index in [0.717, 1.165) is 31.7 Å². The molecule has 1 saturated carbocycles. The van der Waals surface area contributed by atoms with Crippen LogP contribution in [0.2, 0.25) is 0 Å². The largest absolute Gasteiger partial charge is 0.481 e. The van der Waals surface area contributed by atoms with Gasteiger partial charge in [-0.15, -0.1) is 0 Å². The molecular formula is C17H21F3N2O3. The van der Waals surface area contributed by atoms with Gasteiger partial charge in [-0.25, -0.2) is 4.98 Å². The number of nitrogens with zero attached hydrogens (tertiary/aromatic N) is 1. The van der Waals surface area contributed by atoms with Crippen LogP contribution in [-0.4, -0.2) is 28.5 Å². The van der Waals surface area contributed by atoms with E-state index in [1.807, 2.05) is 0 Å². The predicted octanol–water partition coefficient (Wildman–Crippen LogP) is 3.74. The lowest BCUT2D eigenvalue weighted by atomic mass is 10.1. The summed E-state index contributed by atoms with van der Waals surface area (Å²) in [6.07, 6.45) is -0.146. The fraction of sp³-hybridized carbons (Fsp3) is 0.588. The molecule has 1 aromatic heterocycles. The van der Waals surface area contributed by atoms with Crippen molar-refractivity contribution < 1.29 is 27.9 Å². The van der Waals surface area contributed by atoms with Crippen LogP contribution < -0.4 is 5.32 Å². The highest BCUT2D eigenvalue weighted by Gasteiger charge is 2.35. The highest BCUT2D eigenvalue weighted by atomic mass is 19.4. The molecule has 1 amide bonds. The number of alkyl halides is 3. The van der Waals surface area contributed by atoms with Crippen molar-refractivity contribution in [3.63, 3.8) is 0 Å². The number of nitrogens with one attached hydrogen (secondary N) is 1. The first-order chi connectivity index (χ1) is 11.8. The maximum absolute atomic E-state index is 12.9. The van der Waals surface area contributed by atoms with Crippen molar-refractivity contribution >= 4 is 11.9 Å². The van der Waals surface area contributed by atoms with E-state index in [1.54, 1.807) is 0 Å². The summed E-state index contributed by atoms with van der Waals surface area (Å²) >= 11 is 0. The summed E-state index contributed by atoms with van der Waals surface area (Å²) < 4.78 is 38.8. The Hall–Kier alpha value is -2.12. The number of carboxylic acids is 1. The number of carbonyl (C=O) groups is 2. The van der Waals surface area contributed by atoms with Crippen LogP contribution in [0.15, 0.2) is 12.1 Å². The van der Waals surface area contributed by atoms with Crippen molar-refractivity contribution in [1.82, 2.24) is 10.3 Å². The Morgan fingerprint density at radius 3 is 2.44 bits per heavy atom. The van der Waals surface area contributed by atoms with Gasteiger partial charge < -0.3 is 10.4 Å². The highest BCUT2D eigenvalue weighted by molar-refractivity contribution is 5.94. The van der Waals surface area contributed by atoms with E-state index in [9.17, 15) is 22.8 Å². The average molecular weight is 358 g/mol. The lowest BCUT2D eigenvalue weighted by molar-refractivity contribution is -0.141. The number of hydrogen-bond acceptors (Lipinski definition) is 3. The SMILES string of the molecule is O=C(O)CCCCCCNC(=O)c1cc(C2CC2)nc(C(F)(F)F)c1. The molecule has 2 N–H and O–H groups in total. The Labute approximate surface area is 143 Å². The number of carbonyl (C=O) groups excluding carboxylic acids is 1. The summed E-state index contributed by atoms with van der Waals surface area (Å²) in [4.78, 5) is 26.1. The minimum Gasteiger partial charge on any atom is -0.481 e. The number of amides is 1. The van der Waals surface area contributed by atoms with Gasteiger partial charge in [0.05, 0.1) is 0 Å². The van der Waals surface area contributed by atoms with E-state index < -0.39 is 23.7 Å². The molecule has 0 spiro atoms. The standard InChI is InChI=1S/C17H21F3N2O3/c18-17(19,20)14-10-12(9-13(22-14)11-6-7-11)16(25)21-8-4-2-1-3-5-15(23)24/h9-11H,1-8H2,(H,21,25)(H,23,24). The van der Waals surface area contributed by atoms with Crippen LogP contribution >= 0.6 is 0 Å². The third kappa shape index (κ3) is 6.36. The quantitative estimate of drug-likeness (QED) is 0.659. The number of aromatic nitrogens is 1. The van der Waals surface area contributed by atoms with E-state index in [-0.39, 0.29) is 17.9 Å². The molecule has 0 aromatic carbocycles. The molecule has 0 bridgehead atoms. The third-order valence-corrected chi connectivity index (χ3v) is 4.00. The predicted molar refractivity (Wildman–Crippen MR) is 84.3 cm³/mol. The summed E-state index contributed by atoms with van der Waals surface area (Å²) in [5.74, 6) is -1.36. The number of pyridine rings is 1. The second kappa shape index (κ2) is 8.31. The van der Waals surface area contributed by atoms with Gasteiger partial charge in [0.1, 0.15) is 5.69 Å². The van der Waals surface area contributed by atoms with Gasteiger partial charge in [-0.05, 0) is 37.8 Å². The van der Waals surface area contributed by atoms with Gasteiger partial charge in [0, 0.05) is 30.1 Å². The molecule has 1 aliphatic rings. The van der Waals surface area contributed by atoms with Crippen molar-refractivity contribution in [2.45, 2.75) is 57.0 Å². The molecule has 1 heterocycles. The number of halogens is 3. The van der Waals surface area contributed by atoms with Gasteiger partial charge in [-0.2, -0.15) is 13.2 Å². The molecule has 1 aliphatic carbocycles. The van der Waals surface area contributed by atoms with E-state index in [4.69, 9.17) is 5.11 Å².